The van der Waals surface area contributed by atoms with Gasteiger partial charge in [0, 0.05) is 71.3 Å². The molecule has 1 aliphatic heterocycles. The van der Waals surface area contributed by atoms with Gasteiger partial charge < -0.3 is 15.6 Å². The first-order valence-electron chi connectivity index (χ1n) is 11.3. The number of pyridine rings is 3. The summed E-state index contributed by atoms with van der Waals surface area (Å²) in [7, 11) is 0. The van der Waals surface area contributed by atoms with Gasteiger partial charge in [-0.15, -0.1) is 0 Å². The molecule has 0 atom stereocenters. The van der Waals surface area contributed by atoms with Gasteiger partial charge in [0.05, 0.1) is 35.2 Å². The molecule has 6 aromatic heterocycles. The van der Waals surface area contributed by atoms with Crippen molar-refractivity contribution in [2.45, 2.75) is 6.04 Å². The van der Waals surface area contributed by atoms with Gasteiger partial charge in [0.15, 0.2) is 5.65 Å². The van der Waals surface area contributed by atoms with Crippen molar-refractivity contribution in [3.63, 3.8) is 0 Å². The molecule has 4 N–H and O–H groups in total. The first-order chi connectivity index (χ1) is 17.2. The molecular weight excluding hydrogens is 440 g/mol. The highest BCUT2D eigenvalue weighted by atomic mass is 15.3. The molecule has 7 heterocycles. The van der Waals surface area contributed by atoms with Gasteiger partial charge in [-0.1, -0.05) is 0 Å². The zero-order valence-corrected chi connectivity index (χ0v) is 18.6. The van der Waals surface area contributed by atoms with Crippen molar-refractivity contribution >= 4 is 27.8 Å². The smallest absolute Gasteiger partial charge is 0.181 e. The van der Waals surface area contributed by atoms with Crippen LogP contribution in [-0.4, -0.2) is 59.2 Å². The lowest BCUT2D eigenvalue weighted by Crippen LogP contribution is -2.56. The van der Waals surface area contributed by atoms with Crippen LogP contribution in [0.4, 0.5) is 5.82 Å². The molecule has 0 spiro atoms. The molecule has 7 rings (SSSR count). The second kappa shape index (κ2) is 7.67. The van der Waals surface area contributed by atoms with Crippen LogP contribution in [0.2, 0.25) is 0 Å². The molecule has 0 aliphatic carbocycles. The Labute approximate surface area is 199 Å². The minimum atomic E-state index is 0.192. The number of nitrogens with two attached hydrogens (primary N) is 1. The van der Waals surface area contributed by atoms with Crippen LogP contribution in [0, 0.1) is 0 Å². The number of H-pyrrole nitrogens is 2. The van der Waals surface area contributed by atoms with E-state index in [2.05, 4.69) is 46.1 Å². The van der Waals surface area contributed by atoms with E-state index in [0.29, 0.717) is 5.65 Å². The molecule has 0 unspecified atom stereocenters. The highest BCUT2D eigenvalue weighted by molar-refractivity contribution is 5.99. The summed E-state index contributed by atoms with van der Waals surface area (Å²) in [6.07, 6.45) is 10.7. The van der Waals surface area contributed by atoms with E-state index in [0.717, 1.165) is 69.1 Å². The highest BCUT2D eigenvalue weighted by Crippen LogP contribution is 2.33. The Morgan fingerprint density at radius 2 is 1.86 bits per heavy atom. The van der Waals surface area contributed by atoms with Crippen molar-refractivity contribution in [3.05, 3.63) is 67.5 Å². The van der Waals surface area contributed by atoms with Gasteiger partial charge in [-0.05, 0) is 30.3 Å². The predicted molar refractivity (Wildman–Crippen MR) is 133 cm³/mol. The predicted octanol–water partition coefficient (Wildman–Crippen LogP) is 3.17. The van der Waals surface area contributed by atoms with E-state index in [1.54, 1.807) is 31.0 Å². The van der Waals surface area contributed by atoms with Crippen LogP contribution in [0.5, 0.6) is 0 Å². The molecule has 0 saturated carbocycles. The summed E-state index contributed by atoms with van der Waals surface area (Å²) in [6, 6.07) is 10.2. The van der Waals surface area contributed by atoms with Crippen LogP contribution in [-0.2, 0) is 0 Å². The molecule has 10 nitrogen and oxygen atoms in total. The second-order valence-corrected chi connectivity index (χ2v) is 8.67. The second-order valence-electron chi connectivity index (χ2n) is 8.67. The number of aromatic nitrogens is 8. The number of hydrogen-bond acceptors (Lipinski definition) is 8. The van der Waals surface area contributed by atoms with Gasteiger partial charge in [0.2, 0.25) is 0 Å². The van der Waals surface area contributed by atoms with Crippen LogP contribution >= 0.6 is 0 Å². The fourth-order valence-electron chi connectivity index (χ4n) is 4.51. The standard InChI is InChI=1S/C25H20N10/c26-16-12-35(13-16)22-11-28-10-21(32-22)15-6-18-24(33-34-25(18)30-9-15)20-7-17-19(31-20)3-5-29-23(17)14-2-1-4-27-8-14/h1-11,16,31H,12-13,26H2,(H,30,33,34). The third-order valence-electron chi connectivity index (χ3n) is 6.31. The van der Waals surface area contributed by atoms with Gasteiger partial charge in [-0.25, -0.2) is 9.97 Å². The molecule has 1 fully saturated rings. The van der Waals surface area contributed by atoms with E-state index in [9.17, 15) is 0 Å². The first-order valence-corrected chi connectivity index (χ1v) is 11.3. The molecule has 1 saturated heterocycles. The summed E-state index contributed by atoms with van der Waals surface area (Å²) < 4.78 is 0. The lowest BCUT2D eigenvalue weighted by Gasteiger charge is -2.37. The van der Waals surface area contributed by atoms with Crippen molar-refractivity contribution in [2.24, 2.45) is 5.73 Å². The minimum absolute atomic E-state index is 0.192. The Kier molecular flexibility index (Phi) is 4.33. The van der Waals surface area contributed by atoms with E-state index in [-0.39, 0.29) is 6.04 Å². The largest absolute Gasteiger partial charge is 0.353 e. The van der Waals surface area contributed by atoms with E-state index in [1.165, 1.54) is 0 Å². The molecule has 0 amide bonds. The van der Waals surface area contributed by atoms with Crippen molar-refractivity contribution in [3.8, 4) is 33.9 Å². The monoisotopic (exact) mass is 460 g/mol. The van der Waals surface area contributed by atoms with Crippen LogP contribution in [0.25, 0.3) is 55.8 Å². The Morgan fingerprint density at radius 3 is 2.71 bits per heavy atom. The number of hydrogen-bond donors (Lipinski definition) is 3. The maximum absolute atomic E-state index is 5.93. The summed E-state index contributed by atoms with van der Waals surface area (Å²) in [6.45, 7) is 1.58. The van der Waals surface area contributed by atoms with Crippen molar-refractivity contribution in [1.29, 1.82) is 0 Å². The van der Waals surface area contributed by atoms with Crippen LogP contribution in [0.15, 0.2) is 67.5 Å². The molecule has 0 aromatic carbocycles. The number of aromatic amines is 2. The average Bonchev–Trinajstić information content (AvgIpc) is 3.51. The molecule has 0 bridgehead atoms. The molecular formula is C25H20N10. The third-order valence-corrected chi connectivity index (χ3v) is 6.31. The zero-order valence-electron chi connectivity index (χ0n) is 18.6. The molecule has 170 valence electrons. The van der Waals surface area contributed by atoms with E-state index < -0.39 is 0 Å². The summed E-state index contributed by atoms with van der Waals surface area (Å²) in [5, 5.41) is 9.46. The van der Waals surface area contributed by atoms with Gasteiger partial charge in [-0.2, -0.15) is 5.10 Å². The Balaban J connectivity index is 1.31. The summed E-state index contributed by atoms with van der Waals surface area (Å²) in [5.74, 6) is 0.822. The molecule has 10 heteroatoms. The minimum Gasteiger partial charge on any atom is -0.353 e. The Morgan fingerprint density at radius 1 is 0.914 bits per heavy atom. The topological polar surface area (TPSA) is 138 Å². The lowest BCUT2D eigenvalue weighted by atomic mass is 10.1. The molecule has 0 radical (unpaired) electrons. The number of rotatable bonds is 4. The first kappa shape index (κ1) is 19.7. The van der Waals surface area contributed by atoms with E-state index in [1.807, 2.05) is 30.5 Å². The summed E-state index contributed by atoms with van der Waals surface area (Å²) >= 11 is 0. The van der Waals surface area contributed by atoms with Gasteiger partial charge in [-0.3, -0.25) is 20.1 Å². The maximum Gasteiger partial charge on any atom is 0.181 e. The van der Waals surface area contributed by atoms with E-state index >= 15 is 0 Å². The van der Waals surface area contributed by atoms with Crippen molar-refractivity contribution in [2.75, 3.05) is 18.0 Å². The van der Waals surface area contributed by atoms with Crippen molar-refractivity contribution in [1.82, 2.24) is 40.1 Å². The Bertz CT molecular complexity index is 1680. The van der Waals surface area contributed by atoms with Crippen LogP contribution in [0.1, 0.15) is 0 Å². The van der Waals surface area contributed by atoms with Crippen molar-refractivity contribution < 1.29 is 0 Å². The van der Waals surface area contributed by atoms with Gasteiger partial charge in [0.25, 0.3) is 0 Å². The quantitative estimate of drug-likeness (QED) is 0.365. The molecule has 35 heavy (non-hydrogen) atoms. The normalized spacial score (nSPS) is 14.0. The van der Waals surface area contributed by atoms with Gasteiger partial charge in [0.1, 0.15) is 5.82 Å². The van der Waals surface area contributed by atoms with Crippen LogP contribution in [0.3, 0.4) is 0 Å². The number of nitrogens with zero attached hydrogens (tertiary/aromatic N) is 7. The SMILES string of the molecule is NC1CN(c2cncc(-c3cnc4n[nH]c(-c5cc6c(-c7cccnc7)nccc6[nH]5)c4c3)n2)C1. The lowest BCUT2D eigenvalue weighted by molar-refractivity contribution is 0.514. The molecule has 1 aliphatic rings. The highest BCUT2D eigenvalue weighted by Gasteiger charge is 2.24. The number of fused-ring (bicyclic) bond motifs is 2. The summed E-state index contributed by atoms with van der Waals surface area (Å²) in [5.41, 5.74) is 12.7. The Hall–Kier alpha value is -4.70. The van der Waals surface area contributed by atoms with Gasteiger partial charge >= 0.3 is 0 Å². The third kappa shape index (κ3) is 3.30. The fourth-order valence-corrected chi connectivity index (χ4v) is 4.51. The van der Waals surface area contributed by atoms with E-state index in [4.69, 9.17) is 10.7 Å². The summed E-state index contributed by atoms with van der Waals surface area (Å²) in [4.78, 5) is 28.2. The molecule has 6 aromatic rings. The maximum atomic E-state index is 5.93. The van der Waals surface area contributed by atoms with Crippen LogP contribution < -0.4 is 10.6 Å². The fraction of sp³-hybridized carbons (Fsp3) is 0.120. The number of anilines is 1. The number of nitrogens with one attached hydrogen (secondary N) is 2. The zero-order chi connectivity index (χ0) is 23.4. The average molecular weight is 461 g/mol.